The molecule has 0 atom stereocenters. The molecule has 0 unspecified atom stereocenters. The topological polar surface area (TPSA) is 97.6 Å². The van der Waals surface area contributed by atoms with E-state index in [1.54, 1.807) is 5.38 Å². The first-order valence-electron chi connectivity index (χ1n) is 5.13. The molecule has 1 amide bonds. The van der Waals surface area contributed by atoms with E-state index in [2.05, 4.69) is 15.1 Å². The van der Waals surface area contributed by atoms with Crippen molar-refractivity contribution < 1.29 is 14.7 Å². The molecule has 0 saturated carbocycles. The molecule has 8 nitrogen and oxygen atoms in total. The molecule has 1 heterocycles. The Kier molecular flexibility index (Phi) is 5.46. The molecule has 0 fully saturated rings. The highest BCUT2D eigenvalue weighted by atomic mass is 32.1. The van der Waals surface area contributed by atoms with Crippen LogP contribution in [0.15, 0.2) is 5.38 Å². The molecule has 0 saturated heterocycles. The number of carbonyl (C=O) groups excluding carboxylic acids is 1. The Morgan fingerprint density at radius 3 is 3.00 bits per heavy atom. The number of thiazole rings is 1. The van der Waals surface area contributed by atoms with Crippen LogP contribution in [-0.2, 0) is 11.4 Å². The van der Waals surface area contributed by atoms with E-state index in [0.717, 1.165) is 5.01 Å². The quantitative estimate of drug-likeness (QED) is 0.431. The van der Waals surface area contributed by atoms with Crippen LogP contribution in [0.25, 0.3) is 0 Å². The van der Waals surface area contributed by atoms with Crippen molar-refractivity contribution in [3.05, 3.63) is 26.2 Å². The smallest absolute Gasteiger partial charge is 0.294 e. The normalized spacial score (nSPS) is 10.4. The van der Waals surface area contributed by atoms with Gasteiger partial charge in [-0.25, -0.2) is 4.98 Å². The third-order valence-corrected chi connectivity index (χ3v) is 2.65. The summed E-state index contributed by atoms with van der Waals surface area (Å²) >= 11 is 1.40. The Bertz CT molecular complexity index is 420. The zero-order valence-electron chi connectivity index (χ0n) is 10.1. The number of nitrogens with one attached hydrogen (secondary N) is 1. The lowest BCUT2D eigenvalue weighted by Gasteiger charge is -2.05. The maximum Gasteiger partial charge on any atom is 0.294 e. The maximum atomic E-state index is 11.6. The molecule has 0 aliphatic carbocycles. The van der Waals surface area contributed by atoms with Crippen LogP contribution in [0, 0.1) is 10.1 Å². The van der Waals surface area contributed by atoms with E-state index in [0.29, 0.717) is 12.2 Å². The summed E-state index contributed by atoms with van der Waals surface area (Å²) in [5, 5.41) is 14.0. The first-order valence-corrected chi connectivity index (χ1v) is 6.01. The minimum Gasteiger partial charge on any atom is -0.349 e. The molecule has 100 valence electrons. The highest BCUT2D eigenvalue weighted by molar-refractivity contribution is 7.09. The van der Waals surface area contributed by atoms with Crippen LogP contribution in [0.4, 0.5) is 0 Å². The standard InChI is InChI=1S/C9H14N4O4S/c1-12(2)5-8-11-7(6-18-8)9(14)10-3-4-17-13(15)16/h6H,3-5H2,1-2H3,(H,10,14). The first-order chi connectivity index (χ1) is 8.49. The van der Waals surface area contributed by atoms with Gasteiger partial charge in [0.2, 0.25) is 0 Å². The molecule has 0 aliphatic heterocycles. The van der Waals surface area contributed by atoms with Gasteiger partial charge >= 0.3 is 0 Å². The van der Waals surface area contributed by atoms with Crippen molar-refractivity contribution in [1.82, 2.24) is 15.2 Å². The van der Waals surface area contributed by atoms with E-state index >= 15 is 0 Å². The second-order valence-corrected chi connectivity index (χ2v) is 4.62. The predicted molar refractivity (Wildman–Crippen MR) is 64.8 cm³/mol. The number of rotatable bonds is 7. The van der Waals surface area contributed by atoms with Crippen molar-refractivity contribution in [3.8, 4) is 0 Å². The summed E-state index contributed by atoms with van der Waals surface area (Å²) in [6, 6.07) is 0. The summed E-state index contributed by atoms with van der Waals surface area (Å²) < 4.78 is 0. The molecule has 18 heavy (non-hydrogen) atoms. The lowest BCUT2D eigenvalue weighted by atomic mass is 10.4. The Labute approximate surface area is 108 Å². The number of hydrogen-bond donors (Lipinski definition) is 1. The zero-order chi connectivity index (χ0) is 13.5. The Morgan fingerprint density at radius 2 is 2.39 bits per heavy atom. The highest BCUT2D eigenvalue weighted by Crippen LogP contribution is 2.10. The van der Waals surface area contributed by atoms with Crippen LogP contribution in [-0.4, -0.2) is 48.1 Å². The first kappa shape index (κ1) is 14.3. The van der Waals surface area contributed by atoms with Gasteiger partial charge in [-0.1, -0.05) is 0 Å². The zero-order valence-corrected chi connectivity index (χ0v) is 10.9. The summed E-state index contributed by atoms with van der Waals surface area (Å²) in [5.74, 6) is -0.358. The summed E-state index contributed by atoms with van der Waals surface area (Å²) in [6.45, 7) is 0.566. The second-order valence-electron chi connectivity index (χ2n) is 3.68. The number of amides is 1. The predicted octanol–water partition coefficient (Wildman–Crippen LogP) is 0.143. The van der Waals surface area contributed by atoms with Crippen LogP contribution in [0.3, 0.4) is 0 Å². The molecular weight excluding hydrogens is 260 g/mol. The fourth-order valence-electron chi connectivity index (χ4n) is 1.13. The summed E-state index contributed by atoms with van der Waals surface area (Å²) in [4.78, 5) is 31.6. The van der Waals surface area contributed by atoms with Gasteiger partial charge in [-0.2, -0.15) is 0 Å². The van der Waals surface area contributed by atoms with Crippen molar-refractivity contribution in [2.75, 3.05) is 27.2 Å². The van der Waals surface area contributed by atoms with Crippen molar-refractivity contribution in [2.24, 2.45) is 0 Å². The van der Waals surface area contributed by atoms with Gasteiger partial charge < -0.3 is 15.1 Å². The van der Waals surface area contributed by atoms with Gasteiger partial charge in [-0.3, -0.25) is 4.79 Å². The van der Waals surface area contributed by atoms with Gasteiger partial charge in [-0.05, 0) is 14.1 Å². The Balaban J connectivity index is 2.37. The van der Waals surface area contributed by atoms with Crippen LogP contribution in [0.5, 0.6) is 0 Å². The third-order valence-electron chi connectivity index (χ3n) is 1.82. The lowest BCUT2D eigenvalue weighted by Crippen LogP contribution is -2.28. The third kappa shape index (κ3) is 5.06. The fraction of sp³-hybridized carbons (Fsp3) is 0.556. The van der Waals surface area contributed by atoms with E-state index in [4.69, 9.17) is 0 Å². The van der Waals surface area contributed by atoms with Gasteiger partial charge in [0.15, 0.2) is 0 Å². The summed E-state index contributed by atoms with van der Waals surface area (Å²) in [5.41, 5.74) is 0.318. The molecule has 9 heteroatoms. The van der Waals surface area contributed by atoms with E-state index in [-0.39, 0.29) is 19.1 Å². The number of nitrogens with zero attached hydrogens (tertiary/aromatic N) is 3. The second kappa shape index (κ2) is 6.87. The average Bonchev–Trinajstić information content (AvgIpc) is 2.71. The molecule has 1 rings (SSSR count). The molecule has 0 radical (unpaired) electrons. The molecule has 1 aromatic rings. The summed E-state index contributed by atoms with van der Waals surface area (Å²) in [7, 11) is 3.83. The van der Waals surface area contributed by atoms with Crippen LogP contribution < -0.4 is 5.32 Å². The molecule has 0 aromatic carbocycles. The highest BCUT2D eigenvalue weighted by Gasteiger charge is 2.10. The number of carbonyl (C=O) groups is 1. The molecule has 1 N–H and O–H groups in total. The SMILES string of the molecule is CN(C)Cc1nc(C(=O)NCCO[N+](=O)[O-])cs1. The minimum atomic E-state index is -0.899. The lowest BCUT2D eigenvalue weighted by molar-refractivity contribution is -0.757. The van der Waals surface area contributed by atoms with Crippen molar-refractivity contribution in [2.45, 2.75) is 6.54 Å². The molecule has 0 aliphatic rings. The van der Waals surface area contributed by atoms with Gasteiger partial charge in [0.1, 0.15) is 17.3 Å². The van der Waals surface area contributed by atoms with Gasteiger partial charge in [-0.15, -0.1) is 21.5 Å². The summed E-state index contributed by atoms with van der Waals surface area (Å²) in [6.07, 6.45) is 0. The Hall–Kier alpha value is -1.74. The minimum absolute atomic E-state index is 0.0698. The fourth-order valence-corrected chi connectivity index (χ4v) is 2.02. The molecule has 1 aromatic heterocycles. The number of aromatic nitrogens is 1. The van der Waals surface area contributed by atoms with Crippen molar-refractivity contribution >= 4 is 17.2 Å². The maximum absolute atomic E-state index is 11.6. The average molecular weight is 274 g/mol. The van der Waals surface area contributed by atoms with Crippen molar-refractivity contribution in [3.63, 3.8) is 0 Å². The van der Waals surface area contributed by atoms with Crippen LogP contribution in [0.2, 0.25) is 0 Å². The molecular formula is C9H14N4O4S. The van der Waals surface area contributed by atoms with E-state index in [1.807, 2.05) is 19.0 Å². The van der Waals surface area contributed by atoms with Crippen LogP contribution in [0.1, 0.15) is 15.5 Å². The van der Waals surface area contributed by atoms with Gasteiger partial charge in [0.25, 0.3) is 11.0 Å². The van der Waals surface area contributed by atoms with E-state index in [1.165, 1.54) is 11.3 Å². The Morgan fingerprint density at radius 1 is 1.67 bits per heavy atom. The molecule has 0 bridgehead atoms. The number of hydrogen-bond acceptors (Lipinski definition) is 7. The van der Waals surface area contributed by atoms with E-state index in [9.17, 15) is 14.9 Å². The largest absolute Gasteiger partial charge is 0.349 e. The monoisotopic (exact) mass is 274 g/mol. The van der Waals surface area contributed by atoms with Crippen LogP contribution >= 0.6 is 11.3 Å². The molecule has 0 spiro atoms. The van der Waals surface area contributed by atoms with Crippen molar-refractivity contribution in [1.29, 1.82) is 0 Å². The van der Waals surface area contributed by atoms with Gasteiger partial charge in [0.05, 0.1) is 0 Å². The van der Waals surface area contributed by atoms with E-state index < -0.39 is 5.09 Å². The van der Waals surface area contributed by atoms with Gasteiger partial charge in [0, 0.05) is 18.5 Å².